The standard InChI is InChI=1S/C20H23N3O2/c24-19(20(25)22-17-6-2-1-3-7-17)21-13-12-16-8-10-18(11-9-16)23-14-4-5-15-23/h1-3,6-11H,4-5,12-15H2,(H,21,24)(H,22,25). The summed E-state index contributed by atoms with van der Waals surface area (Å²) in [5.41, 5.74) is 3.01. The minimum Gasteiger partial charge on any atom is -0.372 e. The third-order valence-electron chi connectivity index (χ3n) is 4.34. The van der Waals surface area contributed by atoms with Crippen LogP contribution in [0.4, 0.5) is 11.4 Å². The number of hydrogen-bond donors (Lipinski definition) is 2. The lowest BCUT2D eigenvalue weighted by atomic mass is 10.1. The maximum atomic E-state index is 11.8. The van der Waals surface area contributed by atoms with E-state index in [1.54, 1.807) is 24.3 Å². The summed E-state index contributed by atoms with van der Waals surface area (Å²) >= 11 is 0. The first-order valence-electron chi connectivity index (χ1n) is 8.70. The number of amides is 2. The van der Waals surface area contributed by atoms with Gasteiger partial charge >= 0.3 is 11.8 Å². The number of rotatable bonds is 5. The Morgan fingerprint density at radius 2 is 1.56 bits per heavy atom. The van der Waals surface area contributed by atoms with Crippen LogP contribution < -0.4 is 15.5 Å². The van der Waals surface area contributed by atoms with Crippen molar-refractivity contribution in [2.24, 2.45) is 0 Å². The van der Waals surface area contributed by atoms with Gasteiger partial charge in [-0.1, -0.05) is 30.3 Å². The molecule has 1 aliphatic heterocycles. The summed E-state index contributed by atoms with van der Waals surface area (Å²) in [5.74, 6) is -1.26. The fourth-order valence-corrected chi connectivity index (χ4v) is 2.96. The van der Waals surface area contributed by atoms with Crippen LogP contribution in [0.15, 0.2) is 54.6 Å². The Balaban J connectivity index is 1.42. The second-order valence-electron chi connectivity index (χ2n) is 6.19. The highest BCUT2D eigenvalue weighted by Gasteiger charge is 2.13. The molecule has 0 aliphatic carbocycles. The molecule has 1 aliphatic rings. The van der Waals surface area contributed by atoms with E-state index >= 15 is 0 Å². The molecule has 0 bridgehead atoms. The average molecular weight is 337 g/mol. The van der Waals surface area contributed by atoms with E-state index in [4.69, 9.17) is 0 Å². The Hall–Kier alpha value is -2.82. The molecule has 2 aromatic rings. The number of nitrogens with one attached hydrogen (secondary N) is 2. The van der Waals surface area contributed by atoms with Crippen molar-refractivity contribution in [2.45, 2.75) is 19.3 Å². The van der Waals surface area contributed by atoms with Crippen molar-refractivity contribution < 1.29 is 9.59 Å². The monoisotopic (exact) mass is 337 g/mol. The maximum absolute atomic E-state index is 11.8. The molecule has 0 radical (unpaired) electrons. The average Bonchev–Trinajstić information content (AvgIpc) is 3.18. The predicted molar refractivity (Wildman–Crippen MR) is 99.7 cm³/mol. The minimum absolute atomic E-state index is 0.435. The Kier molecular flexibility index (Phi) is 5.67. The predicted octanol–water partition coefficient (Wildman–Crippen LogP) is 2.58. The summed E-state index contributed by atoms with van der Waals surface area (Å²) in [7, 11) is 0. The summed E-state index contributed by atoms with van der Waals surface area (Å²) < 4.78 is 0. The first-order valence-corrected chi connectivity index (χ1v) is 8.70. The molecule has 1 saturated heterocycles. The van der Waals surface area contributed by atoms with E-state index in [1.807, 2.05) is 6.07 Å². The second kappa shape index (κ2) is 8.33. The Morgan fingerprint density at radius 1 is 0.880 bits per heavy atom. The van der Waals surface area contributed by atoms with Crippen LogP contribution in [0, 0.1) is 0 Å². The smallest absolute Gasteiger partial charge is 0.313 e. The molecule has 2 N–H and O–H groups in total. The zero-order valence-electron chi connectivity index (χ0n) is 14.2. The molecule has 0 aromatic heterocycles. The largest absolute Gasteiger partial charge is 0.372 e. The molecule has 2 amide bonds. The maximum Gasteiger partial charge on any atom is 0.313 e. The lowest BCUT2D eigenvalue weighted by Gasteiger charge is -2.17. The fraction of sp³-hybridized carbons (Fsp3) is 0.300. The molecule has 5 heteroatoms. The van der Waals surface area contributed by atoms with Gasteiger partial charge in [-0.15, -0.1) is 0 Å². The van der Waals surface area contributed by atoms with E-state index in [0.717, 1.165) is 18.7 Å². The van der Waals surface area contributed by atoms with E-state index < -0.39 is 11.8 Å². The molecule has 25 heavy (non-hydrogen) atoms. The number of para-hydroxylation sites is 1. The van der Waals surface area contributed by atoms with Gasteiger partial charge in [-0.25, -0.2) is 0 Å². The van der Waals surface area contributed by atoms with E-state index in [2.05, 4.69) is 39.8 Å². The van der Waals surface area contributed by atoms with Crippen LogP contribution >= 0.6 is 0 Å². The van der Waals surface area contributed by atoms with Crippen molar-refractivity contribution >= 4 is 23.2 Å². The van der Waals surface area contributed by atoms with Crippen LogP contribution in [0.3, 0.4) is 0 Å². The van der Waals surface area contributed by atoms with Crippen molar-refractivity contribution in [3.8, 4) is 0 Å². The quantitative estimate of drug-likeness (QED) is 0.825. The summed E-state index contributed by atoms with van der Waals surface area (Å²) in [5, 5.41) is 5.23. The molecule has 130 valence electrons. The Bertz CT molecular complexity index is 707. The molecule has 2 aromatic carbocycles. The van der Waals surface area contributed by atoms with Gasteiger partial charge in [0.25, 0.3) is 0 Å². The van der Waals surface area contributed by atoms with Gasteiger partial charge in [0.05, 0.1) is 0 Å². The molecule has 1 heterocycles. The summed E-state index contributed by atoms with van der Waals surface area (Å²) in [6, 6.07) is 17.4. The number of carbonyl (C=O) groups is 2. The minimum atomic E-state index is -0.643. The Labute approximate surface area is 148 Å². The third-order valence-corrected chi connectivity index (χ3v) is 4.34. The van der Waals surface area contributed by atoms with Crippen LogP contribution in [0.5, 0.6) is 0 Å². The first kappa shape index (κ1) is 17.0. The normalized spacial score (nSPS) is 13.5. The van der Waals surface area contributed by atoms with Crippen LogP contribution in [0.1, 0.15) is 18.4 Å². The second-order valence-corrected chi connectivity index (χ2v) is 6.19. The van der Waals surface area contributed by atoms with Crippen molar-refractivity contribution in [2.75, 3.05) is 29.9 Å². The highest BCUT2D eigenvalue weighted by molar-refractivity contribution is 6.39. The third kappa shape index (κ3) is 4.83. The molecule has 0 saturated carbocycles. The van der Waals surface area contributed by atoms with Gasteiger partial charge in [0.1, 0.15) is 0 Å². The van der Waals surface area contributed by atoms with Gasteiger partial charge in [-0.2, -0.15) is 0 Å². The zero-order valence-corrected chi connectivity index (χ0v) is 14.2. The van der Waals surface area contributed by atoms with Crippen molar-refractivity contribution in [1.82, 2.24) is 5.32 Å². The molecular formula is C20H23N3O2. The van der Waals surface area contributed by atoms with Crippen LogP contribution in [-0.2, 0) is 16.0 Å². The van der Waals surface area contributed by atoms with Gasteiger partial charge in [-0.3, -0.25) is 9.59 Å². The first-order chi connectivity index (χ1) is 12.2. The zero-order chi connectivity index (χ0) is 17.5. The Morgan fingerprint density at radius 3 is 2.24 bits per heavy atom. The topological polar surface area (TPSA) is 61.4 Å². The van der Waals surface area contributed by atoms with Gasteiger partial charge in [-0.05, 0) is 49.1 Å². The van der Waals surface area contributed by atoms with E-state index in [9.17, 15) is 9.59 Å². The van der Waals surface area contributed by atoms with Crippen LogP contribution in [0.2, 0.25) is 0 Å². The molecule has 3 rings (SSSR count). The summed E-state index contributed by atoms with van der Waals surface area (Å²) in [4.78, 5) is 26.0. The van der Waals surface area contributed by atoms with Crippen LogP contribution in [0.25, 0.3) is 0 Å². The van der Waals surface area contributed by atoms with Crippen molar-refractivity contribution in [3.05, 3.63) is 60.2 Å². The van der Waals surface area contributed by atoms with Gasteiger partial charge in [0.2, 0.25) is 0 Å². The molecule has 0 spiro atoms. The number of hydrogen-bond acceptors (Lipinski definition) is 3. The number of benzene rings is 2. The number of anilines is 2. The van der Waals surface area contributed by atoms with Gasteiger partial charge < -0.3 is 15.5 Å². The molecule has 0 atom stereocenters. The molecule has 0 unspecified atom stereocenters. The van der Waals surface area contributed by atoms with Crippen molar-refractivity contribution in [1.29, 1.82) is 0 Å². The summed E-state index contributed by atoms with van der Waals surface area (Å²) in [6.07, 6.45) is 3.22. The number of nitrogens with zero attached hydrogens (tertiary/aromatic N) is 1. The van der Waals surface area contributed by atoms with E-state index in [1.165, 1.54) is 18.5 Å². The van der Waals surface area contributed by atoms with Crippen molar-refractivity contribution in [3.63, 3.8) is 0 Å². The lowest BCUT2D eigenvalue weighted by Crippen LogP contribution is -2.36. The molecular weight excluding hydrogens is 314 g/mol. The fourth-order valence-electron chi connectivity index (χ4n) is 2.96. The lowest BCUT2D eigenvalue weighted by molar-refractivity contribution is -0.136. The highest BCUT2D eigenvalue weighted by Crippen LogP contribution is 2.20. The van der Waals surface area contributed by atoms with E-state index in [0.29, 0.717) is 18.7 Å². The number of carbonyl (C=O) groups excluding carboxylic acids is 2. The van der Waals surface area contributed by atoms with E-state index in [-0.39, 0.29) is 0 Å². The SMILES string of the molecule is O=C(NCCc1ccc(N2CCCC2)cc1)C(=O)Nc1ccccc1. The molecule has 5 nitrogen and oxygen atoms in total. The molecule has 1 fully saturated rings. The highest BCUT2D eigenvalue weighted by atomic mass is 16.2. The van der Waals surface area contributed by atoms with Gasteiger partial charge in [0.15, 0.2) is 0 Å². The van der Waals surface area contributed by atoms with Crippen LogP contribution in [-0.4, -0.2) is 31.4 Å². The summed E-state index contributed by atoms with van der Waals surface area (Å²) in [6.45, 7) is 2.70. The van der Waals surface area contributed by atoms with Gasteiger partial charge in [0, 0.05) is 31.0 Å².